The van der Waals surface area contributed by atoms with Crippen LogP contribution < -0.4 is 10.6 Å². The largest absolute Gasteiger partial charge is 0.349 e. The zero-order chi connectivity index (χ0) is 24.2. The first-order valence-corrected chi connectivity index (χ1v) is 12.2. The Bertz CT molecular complexity index is 1330. The molecule has 7 nitrogen and oxygen atoms in total. The van der Waals surface area contributed by atoms with Crippen molar-refractivity contribution < 1.29 is 9.59 Å². The van der Waals surface area contributed by atoms with Crippen LogP contribution in [0.25, 0.3) is 22.4 Å². The number of hydrogen-bond donors (Lipinski definition) is 3. The molecule has 0 atom stereocenters. The molecular formula is C28H29N5O2. The zero-order valence-corrected chi connectivity index (χ0v) is 19.8. The van der Waals surface area contributed by atoms with Gasteiger partial charge in [-0.15, -0.1) is 0 Å². The van der Waals surface area contributed by atoms with E-state index in [1.54, 1.807) is 24.4 Å². The molecule has 1 aliphatic rings. The molecule has 2 aromatic carbocycles. The average molecular weight is 468 g/mol. The number of amides is 2. The highest BCUT2D eigenvalue weighted by atomic mass is 16.2. The number of pyridine rings is 1. The Hall–Kier alpha value is -4.00. The summed E-state index contributed by atoms with van der Waals surface area (Å²) in [5, 5.41) is 6.00. The molecule has 1 fully saturated rings. The zero-order valence-electron chi connectivity index (χ0n) is 19.8. The van der Waals surface area contributed by atoms with Gasteiger partial charge in [0.05, 0.1) is 11.0 Å². The Morgan fingerprint density at radius 3 is 2.34 bits per heavy atom. The van der Waals surface area contributed by atoms with Crippen LogP contribution in [0.2, 0.25) is 0 Å². The predicted octanol–water partition coefficient (Wildman–Crippen LogP) is 5.64. The van der Waals surface area contributed by atoms with Crippen LogP contribution in [0.5, 0.6) is 0 Å². The second-order valence-corrected chi connectivity index (χ2v) is 9.23. The van der Waals surface area contributed by atoms with Gasteiger partial charge in [-0.1, -0.05) is 43.9 Å². The normalized spacial score (nSPS) is 14.4. The number of fused-ring (bicyclic) bond motifs is 1. The summed E-state index contributed by atoms with van der Waals surface area (Å²) >= 11 is 0. The van der Waals surface area contributed by atoms with Gasteiger partial charge in [0.2, 0.25) is 0 Å². The Labute approximate surface area is 204 Å². The fraction of sp³-hybridized carbons (Fsp3) is 0.286. The van der Waals surface area contributed by atoms with Gasteiger partial charge in [-0.2, -0.15) is 0 Å². The molecule has 1 saturated carbocycles. The summed E-state index contributed by atoms with van der Waals surface area (Å²) in [6.45, 7) is 1.95. The number of hydrogen-bond acceptors (Lipinski definition) is 4. The highest BCUT2D eigenvalue weighted by Gasteiger charge is 2.17. The van der Waals surface area contributed by atoms with Gasteiger partial charge in [0.1, 0.15) is 11.6 Å². The van der Waals surface area contributed by atoms with Crippen molar-refractivity contribution in [2.45, 2.75) is 51.5 Å². The number of carbonyl (C=O) groups excluding carboxylic acids is 2. The average Bonchev–Trinajstić information content (AvgIpc) is 3.14. The number of carbonyl (C=O) groups is 2. The van der Waals surface area contributed by atoms with E-state index in [1.807, 2.05) is 43.3 Å². The van der Waals surface area contributed by atoms with E-state index in [0.717, 1.165) is 35.0 Å². The molecule has 2 aromatic heterocycles. The van der Waals surface area contributed by atoms with Crippen molar-refractivity contribution in [2.24, 2.45) is 0 Å². The van der Waals surface area contributed by atoms with Crippen molar-refractivity contribution in [3.8, 4) is 11.4 Å². The minimum atomic E-state index is -0.221. The summed E-state index contributed by atoms with van der Waals surface area (Å²) in [6, 6.07) is 16.7. The Morgan fingerprint density at radius 1 is 0.886 bits per heavy atom. The smallest absolute Gasteiger partial charge is 0.256 e. The number of H-pyrrole nitrogens is 1. The number of aromatic amines is 1. The summed E-state index contributed by atoms with van der Waals surface area (Å²) < 4.78 is 0. The lowest BCUT2D eigenvalue weighted by Crippen LogP contribution is -2.34. The van der Waals surface area contributed by atoms with Gasteiger partial charge < -0.3 is 15.6 Å². The molecule has 35 heavy (non-hydrogen) atoms. The second kappa shape index (κ2) is 10.1. The van der Waals surface area contributed by atoms with E-state index in [2.05, 4.69) is 20.6 Å². The quantitative estimate of drug-likeness (QED) is 0.331. The van der Waals surface area contributed by atoms with Crippen LogP contribution in [0, 0.1) is 6.92 Å². The predicted molar refractivity (Wildman–Crippen MR) is 137 cm³/mol. The number of aromatic nitrogens is 3. The number of benzene rings is 2. The molecule has 2 heterocycles. The number of rotatable bonds is 5. The van der Waals surface area contributed by atoms with Crippen LogP contribution in [0.1, 0.15) is 64.8 Å². The molecule has 4 aromatic rings. The lowest BCUT2D eigenvalue weighted by atomic mass is 10.1. The SMILES string of the molecule is Cc1ccc(NC(=O)c2ccc(-c3nc4cc(C(=O)NC5CCCCCC5)ccc4[nH]3)cc2)nc1. The van der Waals surface area contributed by atoms with Gasteiger partial charge >= 0.3 is 0 Å². The second-order valence-electron chi connectivity index (χ2n) is 9.23. The highest BCUT2D eigenvalue weighted by Crippen LogP contribution is 2.23. The first-order chi connectivity index (χ1) is 17.0. The summed E-state index contributed by atoms with van der Waals surface area (Å²) in [5.41, 5.74) is 4.64. The molecular weight excluding hydrogens is 438 g/mol. The van der Waals surface area contributed by atoms with E-state index >= 15 is 0 Å². The van der Waals surface area contributed by atoms with Gasteiger partial charge in [-0.25, -0.2) is 9.97 Å². The first kappa shape index (κ1) is 22.8. The summed E-state index contributed by atoms with van der Waals surface area (Å²) in [7, 11) is 0. The van der Waals surface area contributed by atoms with Crippen molar-refractivity contribution in [1.29, 1.82) is 0 Å². The van der Waals surface area contributed by atoms with Gasteiger partial charge in [0, 0.05) is 28.9 Å². The van der Waals surface area contributed by atoms with E-state index in [9.17, 15) is 9.59 Å². The molecule has 3 N–H and O–H groups in total. The van der Waals surface area contributed by atoms with Gasteiger partial charge in [0.15, 0.2) is 0 Å². The summed E-state index contributed by atoms with van der Waals surface area (Å²) in [5.74, 6) is 0.943. The number of nitrogens with zero attached hydrogens (tertiary/aromatic N) is 2. The van der Waals surface area contributed by atoms with Crippen LogP contribution in [0.4, 0.5) is 5.82 Å². The summed E-state index contributed by atoms with van der Waals surface area (Å²) in [4.78, 5) is 37.6. The fourth-order valence-corrected chi connectivity index (χ4v) is 4.49. The number of aryl methyl sites for hydroxylation is 1. The molecule has 5 rings (SSSR count). The highest BCUT2D eigenvalue weighted by molar-refractivity contribution is 6.04. The third-order valence-corrected chi connectivity index (χ3v) is 6.51. The monoisotopic (exact) mass is 467 g/mol. The summed E-state index contributed by atoms with van der Waals surface area (Å²) in [6.07, 6.45) is 8.68. The fourth-order valence-electron chi connectivity index (χ4n) is 4.49. The standard InChI is InChI=1S/C28H29N5O2/c1-18-8-15-25(29-17-18)33-27(34)20-11-9-19(10-12-20)26-31-23-14-13-21(16-24(23)32-26)28(35)30-22-6-4-2-3-5-7-22/h8-17,22H,2-7H2,1H3,(H,30,35)(H,31,32)(H,29,33,34). The van der Waals surface area contributed by atoms with Gasteiger partial charge in [-0.3, -0.25) is 9.59 Å². The third-order valence-electron chi connectivity index (χ3n) is 6.51. The lowest BCUT2D eigenvalue weighted by Gasteiger charge is -2.16. The van der Waals surface area contributed by atoms with E-state index < -0.39 is 0 Å². The minimum absolute atomic E-state index is 0.0400. The van der Waals surface area contributed by atoms with Crippen LogP contribution in [0.15, 0.2) is 60.8 Å². The van der Waals surface area contributed by atoms with E-state index in [0.29, 0.717) is 22.8 Å². The van der Waals surface area contributed by atoms with Crippen molar-refractivity contribution in [1.82, 2.24) is 20.3 Å². The van der Waals surface area contributed by atoms with Crippen molar-refractivity contribution >= 4 is 28.7 Å². The van der Waals surface area contributed by atoms with Crippen LogP contribution in [-0.2, 0) is 0 Å². The van der Waals surface area contributed by atoms with E-state index in [4.69, 9.17) is 4.98 Å². The lowest BCUT2D eigenvalue weighted by molar-refractivity contribution is 0.0932. The first-order valence-electron chi connectivity index (χ1n) is 12.2. The van der Waals surface area contributed by atoms with Crippen LogP contribution in [0.3, 0.4) is 0 Å². The van der Waals surface area contributed by atoms with Crippen LogP contribution >= 0.6 is 0 Å². The molecule has 1 aliphatic carbocycles. The van der Waals surface area contributed by atoms with Crippen molar-refractivity contribution in [3.63, 3.8) is 0 Å². The molecule has 0 radical (unpaired) electrons. The molecule has 0 bridgehead atoms. The Balaban J connectivity index is 1.28. The molecule has 0 spiro atoms. The van der Waals surface area contributed by atoms with E-state index in [-0.39, 0.29) is 17.9 Å². The van der Waals surface area contributed by atoms with Gasteiger partial charge in [0.25, 0.3) is 11.8 Å². The molecule has 7 heteroatoms. The molecule has 0 aliphatic heterocycles. The number of nitrogens with one attached hydrogen (secondary N) is 3. The molecule has 178 valence electrons. The number of anilines is 1. The molecule has 0 saturated heterocycles. The molecule has 2 amide bonds. The molecule has 0 unspecified atom stereocenters. The third kappa shape index (κ3) is 5.40. The van der Waals surface area contributed by atoms with Crippen molar-refractivity contribution in [2.75, 3.05) is 5.32 Å². The Morgan fingerprint density at radius 2 is 1.63 bits per heavy atom. The number of imidazole rings is 1. The Kier molecular flexibility index (Phi) is 6.57. The van der Waals surface area contributed by atoms with Crippen LogP contribution in [-0.4, -0.2) is 32.8 Å². The minimum Gasteiger partial charge on any atom is -0.349 e. The van der Waals surface area contributed by atoms with Crippen molar-refractivity contribution in [3.05, 3.63) is 77.5 Å². The van der Waals surface area contributed by atoms with Gasteiger partial charge in [-0.05, 0) is 61.7 Å². The van der Waals surface area contributed by atoms with E-state index in [1.165, 1.54) is 25.7 Å². The topological polar surface area (TPSA) is 99.8 Å². The maximum Gasteiger partial charge on any atom is 0.256 e. The maximum absolute atomic E-state index is 12.8. The maximum atomic E-state index is 12.8.